The third-order valence-electron chi connectivity index (χ3n) is 6.15. The molecule has 1 aliphatic heterocycles. The number of carboxylic acid groups (broad SMARTS) is 1. The molecule has 0 spiro atoms. The molecule has 37 heavy (non-hydrogen) atoms. The van der Waals surface area contributed by atoms with Gasteiger partial charge >= 0.3 is 5.97 Å². The van der Waals surface area contributed by atoms with Crippen molar-refractivity contribution in [3.63, 3.8) is 0 Å². The van der Waals surface area contributed by atoms with E-state index in [4.69, 9.17) is 26.2 Å². The van der Waals surface area contributed by atoms with Crippen LogP contribution in [-0.2, 0) is 4.79 Å². The van der Waals surface area contributed by atoms with Gasteiger partial charge in [0.25, 0.3) is 11.7 Å². The monoisotopic (exact) mass is 522 g/mol. The van der Waals surface area contributed by atoms with Crippen molar-refractivity contribution in [2.45, 2.75) is 26.9 Å². The minimum absolute atomic E-state index is 0.00862. The van der Waals surface area contributed by atoms with E-state index in [1.165, 1.54) is 18.2 Å². The van der Waals surface area contributed by atoms with Crippen LogP contribution in [0.2, 0.25) is 5.02 Å². The van der Waals surface area contributed by atoms with Crippen LogP contribution < -0.4 is 19.7 Å². The quantitative estimate of drug-likeness (QED) is 0.330. The van der Waals surface area contributed by atoms with Gasteiger partial charge in [-0.15, -0.1) is 0 Å². The third kappa shape index (κ3) is 5.70. The number of anilines is 2. The van der Waals surface area contributed by atoms with Crippen LogP contribution >= 0.6 is 11.6 Å². The molecule has 3 aromatic rings. The first-order chi connectivity index (χ1) is 17.5. The van der Waals surface area contributed by atoms with Crippen LogP contribution in [0.5, 0.6) is 11.5 Å². The number of hydrogen-bond acceptors (Lipinski definition) is 6. The molecule has 0 fully saturated rings. The van der Waals surface area contributed by atoms with Crippen LogP contribution in [-0.4, -0.2) is 49.1 Å². The summed E-state index contributed by atoms with van der Waals surface area (Å²) in [5.74, 6) is -1.71. The zero-order valence-electron chi connectivity index (χ0n) is 20.9. The van der Waals surface area contributed by atoms with Gasteiger partial charge in [0, 0.05) is 18.3 Å². The van der Waals surface area contributed by atoms with Crippen molar-refractivity contribution in [2.24, 2.45) is 0 Å². The Morgan fingerprint density at radius 1 is 1.05 bits per heavy atom. The molecule has 0 saturated carbocycles. The average molecular weight is 523 g/mol. The van der Waals surface area contributed by atoms with Crippen molar-refractivity contribution in [1.82, 2.24) is 0 Å². The number of fused-ring (bicyclic) bond motifs is 1. The fourth-order valence-electron chi connectivity index (χ4n) is 4.20. The molecule has 0 aliphatic carbocycles. The number of carbonyl (C=O) groups excluding carboxylic acids is 2. The number of rotatable bonds is 7. The molecule has 9 heteroatoms. The number of carboxylic acids is 1. The molecule has 1 atom stereocenters. The van der Waals surface area contributed by atoms with Crippen molar-refractivity contribution in [3.8, 4) is 11.5 Å². The number of halogens is 1. The van der Waals surface area contributed by atoms with Crippen LogP contribution in [0.1, 0.15) is 37.4 Å². The molecule has 4 rings (SSSR count). The Kier molecular flexibility index (Phi) is 7.40. The molecule has 1 heterocycles. The number of benzene rings is 3. The highest BCUT2D eigenvalue weighted by Gasteiger charge is 2.25. The highest BCUT2D eigenvalue weighted by Crippen LogP contribution is 2.34. The SMILES string of the molecule is Cc1ccc2c(c1)O[C@H](COc1cc(C)c(C(=O)Nc3ccc(Cl)c(C(=O)C(=O)O)c3)cc1C)CN2C. The molecule has 3 aromatic carbocycles. The summed E-state index contributed by atoms with van der Waals surface area (Å²) in [6.45, 7) is 6.70. The van der Waals surface area contributed by atoms with E-state index in [0.717, 1.165) is 22.6 Å². The average Bonchev–Trinajstić information content (AvgIpc) is 2.84. The molecule has 1 aliphatic rings. The minimum Gasteiger partial charge on any atom is -0.489 e. The molecule has 0 saturated heterocycles. The fraction of sp³-hybridized carbons (Fsp3) is 0.250. The van der Waals surface area contributed by atoms with Gasteiger partial charge in [0.2, 0.25) is 0 Å². The number of amides is 1. The van der Waals surface area contributed by atoms with E-state index < -0.39 is 17.7 Å². The Hall–Kier alpha value is -4.04. The zero-order valence-corrected chi connectivity index (χ0v) is 21.7. The van der Waals surface area contributed by atoms with Crippen LogP contribution in [0.4, 0.5) is 11.4 Å². The van der Waals surface area contributed by atoms with E-state index in [2.05, 4.69) is 16.3 Å². The van der Waals surface area contributed by atoms with Crippen molar-refractivity contribution in [2.75, 3.05) is 30.4 Å². The van der Waals surface area contributed by atoms with E-state index in [-0.39, 0.29) is 22.4 Å². The summed E-state index contributed by atoms with van der Waals surface area (Å²) in [5.41, 5.74) is 4.11. The number of nitrogens with zero attached hydrogens (tertiary/aromatic N) is 1. The third-order valence-corrected chi connectivity index (χ3v) is 6.48. The number of ketones is 1. The molecule has 0 aromatic heterocycles. The number of ether oxygens (including phenoxy) is 2. The number of aliphatic carboxylic acids is 1. The maximum absolute atomic E-state index is 13.0. The number of Topliss-reactive ketones (excluding diaryl/α,β-unsaturated/α-hetero) is 1. The molecule has 0 unspecified atom stereocenters. The first-order valence-corrected chi connectivity index (χ1v) is 12.0. The second-order valence-electron chi connectivity index (χ2n) is 9.12. The summed E-state index contributed by atoms with van der Waals surface area (Å²) in [5, 5.41) is 11.7. The van der Waals surface area contributed by atoms with Gasteiger partial charge in [0.05, 0.1) is 22.8 Å². The van der Waals surface area contributed by atoms with Gasteiger partial charge in [0.15, 0.2) is 0 Å². The van der Waals surface area contributed by atoms with E-state index >= 15 is 0 Å². The Balaban J connectivity index is 1.45. The molecule has 1 amide bonds. The Morgan fingerprint density at radius 2 is 1.81 bits per heavy atom. The zero-order chi connectivity index (χ0) is 26.9. The second-order valence-corrected chi connectivity index (χ2v) is 9.53. The Labute approximate surface area is 219 Å². The lowest BCUT2D eigenvalue weighted by Gasteiger charge is -2.34. The van der Waals surface area contributed by atoms with Crippen LogP contribution in [0.3, 0.4) is 0 Å². The number of carbonyl (C=O) groups is 3. The lowest BCUT2D eigenvalue weighted by atomic mass is 10.0. The van der Waals surface area contributed by atoms with Gasteiger partial charge in [0.1, 0.15) is 24.2 Å². The van der Waals surface area contributed by atoms with Gasteiger partial charge in [-0.05, 0) is 79.9 Å². The molecular weight excluding hydrogens is 496 g/mol. The van der Waals surface area contributed by atoms with Crippen molar-refractivity contribution < 1.29 is 29.0 Å². The molecule has 0 bridgehead atoms. The van der Waals surface area contributed by atoms with E-state index in [9.17, 15) is 14.4 Å². The summed E-state index contributed by atoms with van der Waals surface area (Å²) < 4.78 is 12.2. The van der Waals surface area contributed by atoms with Crippen molar-refractivity contribution in [1.29, 1.82) is 0 Å². The Bertz CT molecular complexity index is 1400. The van der Waals surface area contributed by atoms with Crippen LogP contribution in [0.25, 0.3) is 0 Å². The van der Waals surface area contributed by atoms with Gasteiger partial charge in [-0.2, -0.15) is 0 Å². The highest BCUT2D eigenvalue weighted by atomic mass is 35.5. The minimum atomic E-state index is -1.63. The Morgan fingerprint density at radius 3 is 2.54 bits per heavy atom. The van der Waals surface area contributed by atoms with Crippen molar-refractivity contribution >= 4 is 40.6 Å². The second kappa shape index (κ2) is 10.5. The molecule has 2 N–H and O–H groups in total. The summed E-state index contributed by atoms with van der Waals surface area (Å²) in [6.07, 6.45) is -0.158. The van der Waals surface area contributed by atoms with Gasteiger partial charge in [-0.25, -0.2) is 4.79 Å². The first-order valence-electron chi connectivity index (χ1n) is 11.6. The normalized spacial score (nSPS) is 14.4. The highest BCUT2D eigenvalue weighted by molar-refractivity contribution is 6.45. The topological polar surface area (TPSA) is 105 Å². The summed E-state index contributed by atoms with van der Waals surface area (Å²) in [6, 6.07) is 13.8. The lowest BCUT2D eigenvalue weighted by Crippen LogP contribution is -2.41. The van der Waals surface area contributed by atoms with Gasteiger partial charge in [-0.3, -0.25) is 9.59 Å². The number of aryl methyl sites for hydroxylation is 3. The van der Waals surface area contributed by atoms with Crippen molar-refractivity contribution in [3.05, 3.63) is 81.4 Å². The lowest BCUT2D eigenvalue weighted by molar-refractivity contribution is -0.131. The number of likely N-dealkylation sites (N-methyl/N-ethyl adjacent to an activating group) is 1. The number of nitrogens with one attached hydrogen (secondary N) is 1. The first kappa shape index (κ1) is 26.0. The molecule has 192 valence electrons. The predicted octanol–water partition coefficient (Wildman–Crippen LogP) is 5.06. The largest absolute Gasteiger partial charge is 0.489 e. The van der Waals surface area contributed by atoms with E-state index in [0.29, 0.717) is 30.0 Å². The maximum atomic E-state index is 13.0. The number of hydrogen-bond donors (Lipinski definition) is 2. The summed E-state index contributed by atoms with van der Waals surface area (Å²) in [7, 11) is 2.02. The fourth-order valence-corrected chi connectivity index (χ4v) is 4.41. The summed E-state index contributed by atoms with van der Waals surface area (Å²) in [4.78, 5) is 38.0. The van der Waals surface area contributed by atoms with Crippen LogP contribution in [0.15, 0.2) is 48.5 Å². The van der Waals surface area contributed by atoms with Crippen LogP contribution in [0, 0.1) is 20.8 Å². The predicted molar refractivity (Wildman–Crippen MR) is 142 cm³/mol. The van der Waals surface area contributed by atoms with Gasteiger partial charge in [-0.1, -0.05) is 17.7 Å². The molecule has 8 nitrogen and oxygen atoms in total. The molecule has 0 radical (unpaired) electrons. The van der Waals surface area contributed by atoms with Gasteiger partial charge < -0.3 is 24.8 Å². The van der Waals surface area contributed by atoms with E-state index in [1.54, 1.807) is 19.1 Å². The smallest absolute Gasteiger partial charge is 0.377 e. The maximum Gasteiger partial charge on any atom is 0.377 e. The summed E-state index contributed by atoms with van der Waals surface area (Å²) >= 11 is 5.96. The van der Waals surface area contributed by atoms with E-state index in [1.807, 2.05) is 33.0 Å². The molecular formula is C28H27ClN2O6. The standard InChI is InChI=1S/C28H27ClN2O6/c1-15-5-8-23-25(9-15)37-19(13-31(23)4)14-36-24-11-16(2)20(10-17(24)3)27(33)30-18-6-7-22(29)21(12-18)26(32)28(34)35/h5-12,19H,13-14H2,1-4H3,(H,30,33)(H,34,35)/t19-/m0/s1.